The van der Waals surface area contributed by atoms with Gasteiger partial charge in [-0.15, -0.1) is 0 Å². The molecule has 0 bridgehead atoms. The average Bonchev–Trinajstić information content (AvgIpc) is 2.39. The zero-order valence-corrected chi connectivity index (χ0v) is 11.0. The Morgan fingerprint density at radius 1 is 1.56 bits per heavy atom. The van der Waals surface area contributed by atoms with Crippen LogP contribution in [0.25, 0.3) is 0 Å². The maximum absolute atomic E-state index is 11.4. The molecule has 0 aromatic carbocycles. The fourth-order valence-corrected chi connectivity index (χ4v) is 2.32. The predicted octanol–water partition coefficient (Wildman–Crippen LogP) is 0.422. The van der Waals surface area contributed by atoms with E-state index in [0.29, 0.717) is 12.5 Å². The van der Waals surface area contributed by atoms with Gasteiger partial charge >= 0.3 is 0 Å². The third-order valence-corrected chi connectivity index (χ3v) is 3.32. The average molecular weight is 250 g/mol. The van der Waals surface area contributed by atoms with Gasteiger partial charge in [0.2, 0.25) is 0 Å². The first kappa shape index (κ1) is 13.2. The molecular formula is C13H22N4O. The summed E-state index contributed by atoms with van der Waals surface area (Å²) in [7, 11) is 0. The molecular weight excluding hydrogens is 228 g/mol. The highest BCUT2D eigenvalue weighted by molar-refractivity contribution is 5.02. The lowest BCUT2D eigenvalue weighted by Crippen LogP contribution is -2.36. The third kappa shape index (κ3) is 3.92. The Hall–Kier alpha value is -1.20. The Balaban J connectivity index is 1.82. The van der Waals surface area contributed by atoms with E-state index in [1.807, 2.05) is 6.92 Å². The van der Waals surface area contributed by atoms with Crippen molar-refractivity contribution in [2.24, 2.45) is 5.92 Å². The van der Waals surface area contributed by atoms with Crippen LogP contribution in [0.15, 0.2) is 10.9 Å². The first-order valence-corrected chi connectivity index (χ1v) is 6.78. The molecule has 1 aromatic heterocycles. The van der Waals surface area contributed by atoms with Crippen LogP contribution in [0.5, 0.6) is 0 Å². The van der Waals surface area contributed by atoms with E-state index >= 15 is 0 Å². The van der Waals surface area contributed by atoms with Gasteiger partial charge < -0.3 is 15.6 Å². The number of piperidine rings is 1. The summed E-state index contributed by atoms with van der Waals surface area (Å²) >= 11 is 0. The molecule has 1 aliphatic heterocycles. The molecule has 1 saturated heterocycles. The fourth-order valence-electron chi connectivity index (χ4n) is 2.32. The summed E-state index contributed by atoms with van der Waals surface area (Å²) < 4.78 is 0. The van der Waals surface area contributed by atoms with Crippen LogP contribution in [0.4, 0.5) is 0 Å². The molecule has 0 spiro atoms. The van der Waals surface area contributed by atoms with Crippen molar-refractivity contribution in [3.05, 3.63) is 27.9 Å². The molecule has 5 heteroatoms. The maximum Gasteiger partial charge on any atom is 0.251 e. The van der Waals surface area contributed by atoms with Crippen molar-refractivity contribution in [2.45, 2.75) is 32.7 Å². The van der Waals surface area contributed by atoms with E-state index in [-0.39, 0.29) is 5.56 Å². The van der Waals surface area contributed by atoms with Gasteiger partial charge in [0.1, 0.15) is 5.82 Å². The van der Waals surface area contributed by atoms with Crippen LogP contribution >= 0.6 is 0 Å². The van der Waals surface area contributed by atoms with Crippen molar-refractivity contribution in [3.63, 3.8) is 0 Å². The smallest absolute Gasteiger partial charge is 0.251 e. The van der Waals surface area contributed by atoms with Crippen LogP contribution in [0.2, 0.25) is 0 Å². The highest BCUT2D eigenvalue weighted by atomic mass is 16.1. The molecule has 1 aliphatic rings. The normalized spacial score (nSPS) is 19.9. The quantitative estimate of drug-likeness (QED) is 0.708. The van der Waals surface area contributed by atoms with Crippen LogP contribution in [0.1, 0.15) is 31.3 Å². The molecule has 0 aliphatic carbocycles. The monoisotopic (exact) mass is 250 g/mol. The molecule has 0 saturated carbocycles. The van der Waals surface area contributed by atoms with Gasteiger partial charge in [-0.25, -0.2) is 4.98 Å². The maximum atomic E-state index is 11.4. The minimum absolute atomic E-state index is 0.0574. The van der Waals surface area contributed by atoms with Gasteiger partial charge in [-0.2, -0.15) is 0 Å². The largest absolute Gasteiger partial charge is 0.316 e. The van der Waals surface area contributed by atoms with E-state index < -0.39 is 0 Å². The SMILES string of the molecule is CCc1nc(CNCC2CCCNC2)cc(=O)[nH]1. The van der Waals surface area contributed by atoms with Gasteiger partial charge in [0.05, 0.1) is 5.69 Å². The van der Waals surface area contributed by atoms with Gasteiger partial charge in [-0.1, -0.05) is 6.92 Å². The van der Waals surface area contributed by atoms with Crippen molar-refractivity contribution in [3.8, 4) is 0 Å². The van der Waals surface area contributed by atoms with Crippen molar-refractivity contribution in [2.75, 3.05) is 19.6 Å². The van der Waals surface area contributed by atoms with Gasteiger partial charge in [-0.05, 0) is 38.4 Å². The summed E-state index contributed by atoms with van der Waals surface area (Å²) in [6.45, 7) is 5.89. The van der Waals surface area contributed by atoms with Crippen LogP contribution in [0, 0.1) is 5.92 Å². The Morgan fingerprint density at radius 2 is 2.44 bits per heavy atom. The second kappa shape index (κ2) is 6.66. The van der Waals surface area contributed by atoms with Crippen molar-refractivity contribution in [1.82, 2.24) is 20.6 Å². The van der Waals surface area contributed by atoms with E-state index in [1.54, 1.807) is 6.07 Å². The molecule has 1 fully saturated rings. The number of aryl methyl sites for hydroxylation is 1. The molecule has 2 rings (SSSR count). The van der Waals surface area contributed by atoms with Crippen molar-refractivity contribution in [1.29, 1.82) is 0 Å². The zero-order valence-electron chi connectivity index (χ0n) is 11.0. The number of rotatable bonds is 5. The lowest BCUT2D eigenvalue weighted by atomic mass is 10.00. The summed E-state index contributed by atoms with van der Waals surface area (Å²) in [5, 5.41) is 6.79. The zero-order chi connectivity index (χ0) is 12.8. The Morgan fingerprint density at radius 3 is 3.17 bits per heavy atom. The predicted molar refractivity (Wildman–Crippen MR) is 71.5 cm³/mol. The summed E-state index contributed by atoms with van der Waals surface area (Å²) in [5.41, 5.74) is 0.775. The summed E-state index contributed by atoms with van der Waals surface area (Å²) in [5.74, 6) is 1.46. The number of aromatic nitrogens is 2. The molecule has 2 heterocycles. The van der Waals surface area contributed by atoms with Gasteiger partial charge in [0.25, 0.3) is 5.56 Å². The molecule has 18 heavy (non-hydrogen) atoms. The minimum Gasteiger partial charge on any atom is -0.316 e. The standard InChI is InChI=1S/C13H22N4O/c1-2-12-16-11(6-13(18)17-12)9-15-8-10-4-3-5-14-7-10/h6,10,14-15H,2-5,7-9H2,1H3,(H,16,17,18). The fraction of sp³-hybridized carbons (Fsp3) is 0.692. The molecule has 0 amide bonds. The first-order chi connectivity index (χ1) is 8.78. The summed E-state index contributed by atoms with van der Waals surface area (Å²) in [6.07, 6.45) is 3.30. The number of hydrogen-bond acceptors (Lipinski definition) is 4. The molecule has 5 nitrogen and oxygen atoms in total. The van der Waals surface area contributed by atoms with Crippen LogP contribution in [-0.4, -0.2) is 29.6 Å². The minimum atomic E-state index is -0.0574. The van der Waals surface area contributed by atoms with Crippen LogP contribution in [-0.2, 0) is 13.0 Å². The molecule has 100 valence electrons. The molecule has 1 atom stereocenters. The number of H-pyrrole nitrogens is 1. The number of nitrogens with one attached hydrogen (secondary N) is 3. The van der Waals surface area contributed by atoms with E-state index in [9.17, 15) is 4.79 Å². The molecule has 3 N–H and O–H groups in total. The third-order valence-electron chi connectivity index (χ3n) is 3.32. The van der Waals surface area contributed by atoms with E-state index in [2.05, 4.69) is 20.6 Å². The summed E-state index contributed by atoms with van der Waals surface area (Å²) in [4.78, 5) is 18.5. The Bertz CT molecular complexity index is 423. The first-order valence-electron chi connectivity index (χ1n) is 6.78. The second-order valence-electron chi connectivity index (χ2n) is 4.88. The molecule has 0 radical (unpaired) electrons. The van der Waals surface area contributed by atoms with Crippen LogP contribution in [0.3, 0.4) is 0 Å². The van der Waals surface area contributed by atoms with E-state index in [1.165, 1.54) is 12.8 Å². The van der Waals surface area contributed by atoms with E-state index in [0.717, 1.165) is 37.6 Å². The van der Waals surface area contributed by atoms with Crippen LogP contribution < -0.4 is 16.2 Å². The summed E-state index contributed by atoms with van der Waals surface area (Å²) in [6, 6.07) is 1.57. The number of hydrogen-bond donors (Lipinski definition) is 3. The highest BCUT2D eigenvalue weighted by Crippen LogP contribution is 2.08. The lowest BCUT2D eigenvalue weighted by Gasteiger charge is -2.22. The van der Waals surface area contributed by atoms with Crippen molar-refractivity contribution >= 4 is 0 Å². The number of aromatic amines is 1. The van der Waals surface area contributed by atoms with Gasteiger partial charge in [0.15, 0.2) is 0 Å². The topological polar surface area (TPSA) is 69.8 Å². The highest BCUT2D eigenvalue weighted by Gasteiger charge is 2.12. The van der Waals surface area contributed by atoms with Gasteiger partial charge in [-0.3, -0.25) is 4.79 Å². The van der Waals surface area contributed by atoms with Crippen molar-refractivity contribution < 1.29 is 0 Å². The molecule has 1 aromatic rings. The van der Waals surface area contributed by atoms with Gasteiger partial charge in [0, 0.05) is 19.0 Å². The second-order valence-corrected chi connectivity index (χ2v) is 4.88. The van der Waals surface area contributed by atoms with E-state index in [4.69, 9.17) is 0 Å². The molecule has 1 unspecified atom stereocenters. The number of nitrogens with zero attached hydrogens (tertiary/aromatic N) is 1. The Labute approximate surface area is 107 Å². The Kier molecular flexibility index (Phi) is 4.90. The lowest BCUT2D eigenvalue weighted by molar-refractivity contribution is 0.359.